The Hall–Kier alpha value is -1.10. The topological polar surface area (TPSA) is 92.7 Å². The normalized spacial score (nSPS) is 26.4. The van der Waals surface area contributed by atoms with Crippen LogP contribution in [0, 0.1) is 5.92 Å². The third-order valence-corrected chi connectivity index (χ3v) is 7.15. The number of hydrogen-bond acceptors (Lipinski definition) is 5. The number of halogens is 1. The summed E-state index contributed by atoms with van der Waals surface area (Å²) in [5.41, 5.74) is 1.02. The number of guanidine groups is 1. The van der Waals surface area contributed by atoms with Crippen LogP contribution < -0.4 is 15.4 Å². The molecule has 7 nitrogen and oxygen atoms in total. The first kappa shape index (κ1) is 24.2. The summed E-state index contributed by atoms with van der Waals surface area (Å²) in [6.45, 7) is 5.49. The fourth-order valence-electron chi connectivity index (χ4n) is 3.72. The van der Waals surface area contributed by atoms with E-state index in [1.165, 1.54) is 12.8 Å². The number of nitrogens with zero attached hydrogens (tertiary/aromatic N) is 2. The van der Waals surface area contributed by atoms with Crippen LogP contribution in [0.1, 0.15) is 51.5 Å². The zero-order valence-electron chi connectivity index (χ0n) is 17.3. The lowest BCUT2D eigenvalue weighted by Gasteiger charge is -2.26. The number of nitrogens with one attached hydrogen (secondary N) is 2. The summed E-state index contributed by atoms with van der Waals surface area (Å²) in [4.78, 5) is 8.96. The quantitative estimate of drug-likeness (QED) is 0.330. The molecule has 3 rings (SSSR count). The molecule has 1 aliphatic heterocycles. The number of ether oxygens (including phenoxy) is 1. The van der Waals surface area contributed by atoms with Gasteiger partial charge in [0.15, 0.2) is 15.8 Å². The van der Waals surface area contributed by atoms with Crippen LogP contribution in [0.4, 0.5) is 0 Å². The maximum absolute atomic E-state index is 11.7. The van der Waals surface area contributed by atoms with Crippen molar-refractivity contribution in [2.45, 2.75) is 64.6 Å². The molecule has 29 heavy (non-hydrogen) atoms. The van der Waals surface area contributed by atoms with E-state index in [9.17, 15) is 8.42 Å². The van der Waals surface area contributed by atoms with Crippen molar-refractivity contribution in [2.24, 2.45) is 10.9 Å². The molecular weight excluding hydrogens is 503 g/mol. The summed E-state index contributed by atoms with van der Waals surface area (Å²) in [6.07, 6.45) is 7.24. The summed E-state index contributed by atoms with van der Waals surface area (Å²) >= 11 is 0. The molecule has 1 saturated carbocycles. The van der Waals surface area contributed by atoms with Gasteiger partial charge < -0.3 is 15.4 Å². The Balaban J connectivity index is 0.00000300. The van der Waals surface area contributed by atoms with Crippen LogP contribution in [0.2, 0.25) is 0 Å². The number of rotatable bonds is 6. The van der Waals surface area contributed by atoms with Crippen molar-refractivity contribution in [3.05, 3.63) is 23.9 Å². The maximum Gasteiger partial charge on any atom is 0.213 e. The molecule has 2 N–H and O–H groups in total. The van der Waals surface area contributed by atoms with Crippen LogP contribution in [0.5, 0.6) is 5.88 Å². The highest BCUT2D eigenvalue weighted by atomic mass is 127. The van der Waals surface area contributed by atoms with Crippen molar-refractivity contribution in [3.63, 3.8) is 0 Å². The van der Waals surface area contributed by atoms with E-state index in [4.69, 9.17) is 4.74 Å². The molecule has 1 atom stereocenters. The van der Waals surface area contributed by atoms with E-state index in [1.807, 2.05) is 19.1 Å². The van der Waals surface area contributed by atoms with Crippen LogP contribution >= 0.6 is 24.0 Å². The van der Waals surface area contributed by atoms with Gasteiger partial charge in [-0.3, -0.25) is 0 Å². The van der Waals surface area contributed by atoms with Crippen molar-refractivity contribution in [1.82, 2.24) is 15.6 Å². The zero-order chi connectivity index (χ0) is 20.0. The second kappa shape index (κ2) is 11.3. The second-order valence-corrected chi connectivity index (χ2v) is 10.2. The average molecular weight is 536 g/mol. The SMILES string of the molecule is CCNC(=NCc1ccnc(OC2CCC(C)CC2)c1)NC1CCS(=O)(=O)C1.I. The van der Waals surface area contributed by atoms with Gasteiger partial charge in [-0.15, -0.1) is 24.0 Å². The number of sulfone groups is 1. The second-order valence-electron chi connectivity index (χ2n) is 7.94. The first-order chi connectivity index (χ1) is 13.4. The van der Waals surface area contributed by atoms with E-state index in [1.54, 1.807) is 6.20 Å². The van der Waals surface area contributed by atoms with Crippen LogP contribution in [0.15, 0.2) is 23.3 Å². The molecule has 1 aromatic rings. The van der Waals surface area contributed by atoms with Crippen molar-refractivity contribution in [3.8, 4) is 5.88 Å². The van der Waals surface area contributed by atoms with Gasteiger partial charge in [0.05, 0.1) is 18.1 Å². The van der Waals surface area contributed by atoms with Gasteiger partial charge in [-0.2, -0.15) is 0 Å². The monoisotopic (exact) mass is 536 g/mol. The predicted molar refractivity (Wildman–Crippen MR) is 127 cm³/mol. The van der Waals surface area contributed by atoms with Gasteiger partial charge in [0.25, 0.3) is 0 Å². The number of pyridine rings is 1. The number of aliphatic imine (C=N–C) groups is 1. The van der Waals surface area contributed by atoms with Crippen LogP contribution in [-0.2, 0) is 16.4 Å². The van der Waals surface area contributed by atoms with Crippen LogP contribution in [0.25, 0.3) is 0 Å². The van der Waals surface area contributed by atoms with Gasteiger partial charge in [-0.25, -0.2) is 18.4 Å². The fourth-order valence-corrected chi connectivity index (χ4v) is 5.40. The minimum atomic E-state index is -2.92. The summed E-state index contributed by atoms with van der Waals surface area (Å²) in [5.74, 6) is 2.51. The summed E-state index contributed by atoms with van der Waals surface area (Å²) in [7, 11) is -2.92. The Morgan fingerprint density at radius 2 is 2.03 bits per heavy atom. The van der Waals surface area contributed by atoms with Gasteiger partial charge in [-0.05, 0) is 56.6 Å². The van der Waals surface area contributed by atoms with E-state index in [0.29, 0.717) is 24.8 Å². The van der Waals surface area contributed by atoms with Gasteiger partial charge in [0, 0.05) is 24.8 Å². The third-order valence-electron chi connectivity index (χ3n) is 5.39. The summed E-state index contributed by atoms with van der Waals surface area (Å²) < 4.78 is 29.4. The van der Waals surface area contributed by atoms with E-state index in [-0.39, 0.29) is 47.6 Å². The molecule has 1 aromatic heterocycles. The predicted octanol–water partition coefficient (Wildman–Crippen LogP) is 2.90. The lowest BCUT2D eigenvalue weighted by Crippen LogP contribution is -2.44. The van der Waals surface area contributed by atoms with Crippen LogP contribution in [0.3, 0.4) is 0 Å². The summed E-state index contributed by atoms with van der Waals surface area (Å²) in [5, 5.41) is 6.43. The van der Waals surface area contributed by atoms with E-state index >= 15 is 0 Å². The largest absolute Gasteiger partial charge is 0.474 e. The van der Waals surface area contributed by atoms with Gasteiger partial charge in [0.2, 0.25) is 5.88 Å². The first-order valence-electron chi connectivity index (χ1n) is 10.3. The molecule has 2 fully saturated rings. The molecule has 0 radical (unpaired) electrons. The Labute approximate surface area is 191 Å². The lowest BCUT2D eigenvalue weighted by molar-refractivity contribution is 0.130. The van der Waals surface area contributed by atoms with E-state index in [0.717, 1.165) is 30.9 Å². The Kier molecular flexibility index (Phi) is 9.45. The van der Waals surface area contributed by atoms with Crippen molar-refractivity contribution in [2.75, 3.05) is 18.1 Å². The van der Waals surface area contributed by atoms with Crippen molar-refractivity contribution in [1.29, 1.82) is 0 Å². The molecule has 9 heteroatoms. The standard InChI is InChI=1S/C20H32N4O3S.HI/c1-3-21-20(24-17-9-11-28(25,26)14-17)23-13-16-8-10-22-19(12-16)27-18-6-4-15(2)5-7-18;/h8,10,12,15,17-18H,3-7,9,11,13-14H2,1-2H3,(H2,21,23,24);1H. The molecule has 2 aliphatic rings. The molecule has 2 heterocycles. The molecule has 0 amide bonds. The first-order valence-corrected chi connectivity index (χ1v) is 12.1. The van der Waals surface area contributed by atoms with Crippen LogP contribution in [-0.4, -0.2) is 49.6 Å². The Bertz CT molecular complexity index is 780. The highest BCUT2D eigenvalue weighted by Crippen LogP contribution is 2.26. The Morgan fingerprint density at radius 1 is 1.28 bits per heavy atom. The molecule has 1 unspecified atom stereocenters. The number of hydrogen-bond donors (Lipinski definition) is 2. The molecule has 0 bridgehead atoms. The van der Waals surface area contributed by atoms with Gasteiger partial charge in [0.1, 0.15) is 6.10 Å². The maximum atomic E-state index is 11.7. The molecule has 1 aliphatic carbocycles. The molecular formula is C20H33IN4O3S. The number of aromatic nitrogens is 1. The van der Waals surface area contributed by atoms with E-state index < -0.39 is 9.84 Å². The zero-order valence-corrected chi connectivity index (χ0v) is 20.4. The van der Waals surface area contributed by atoms with Crippen molar-refractivity contribution >= 4 is 39.8 Å². The smallest absolute Gasteiger partial charge is 0.213 e. The Morgan fingerprint density at radius 3 is 2.69 bits per heavy atom. The molecule has 0 aromatic carbocycles. The lowest BCUT2D eigenvalue weighted by atomic mass is 9.89. The third kappa shape index (κ3) is 7.92. The molecule has 1 saturated heterocycles. The molecule has 0 spiro atoms. The molecule has 164 valence electrons. The van der Waals surface area contributed by atoms with Crippen molar-refractivity contribution < 1.29 is 13.2 Å². The fraction of sp³-hybridized carbons (Fsp3) is 0.700. The highest BCUT2D eigenvalue weighted by molar-refractivity contribution is 14.0. The minimum Gasteiger partial charge on any atom is -0.474 e. The summed E-state index contributed by atoms with van der Waals surface area (Å²) in [6, 6.07) is 3.81. The van der Waals surface area contributed by atoms with Gasteiger partial charge in [-0.1, -0.05) is 6.92 Å². The van der Waals surface area contributed by atoms with Gasteiger partial charge >= 0.3 is 0 Å². The highest BCUT2D eigenvalue weighted by Gasteiger charge is 2.28. The minimum absolute atomic E-state index is 0. The van der Waals surface area contributed by atoms with E-state index in [2.05, 4.69) is 27.5 Å². The average Bonchev–Trinajstić information content (AvgIpc) is 3.01.